The summed E-state index contributed by atoms with van der Waals surface area (Å²) in [7, 11) is 0. The average Bonchev–Trinajstić information content (AvgIpc) is 3.39. The Hall–Kier alpha value is -2.97. The van der Waals surface area contributed by atoms with Crippen LogP contribution in [0.1, 0.15) is 23.0 Å². The number of tetrazole rings is 1. The van der Waals surface area contributed by atoms with Gasteiger partial charge in [0.15, 0.2) is 17.5 Å². The first-order chi connectivity index (χ1) is 13.8. The second-order valence-corrected chi connectivity index (χ2v) is 7.05. The third-order valence-electron chi connectivity index (χ3n) is 5.37. The molecule has 1 N–H and O–H groups in total. The molecule has 1 aromatic heterocycles. The third-order valence-corrected chi connectivity index (χ3v) is 5.37. The monoisotopic (exact) mass is 380 g/mol. The van der Waals surface area contributed by atoms with Crippen LogP contribution in [0.3, 0.4) is 0 Å². The van der Waals surface area contributed by atoms with Crippen molar-refractivity contribution in [3.05, 3.63) is 59.4 Å². The van der Waals surface area contributed by atoms with Gasteiger partial charge < -0.3 is 19.1 Å². The highest BCUT2D eigenvalue weighted by Crippen LogP contribution is 2.35. The molecule has 2 aromatic carbocycles. The van der Waals surface area contributed by atoms with Gasteiger partial charge in [0, 0.05) is 5.56 Å². The zero-order valence-electron chi connectivity index (χ0n) is 15.7. The van der Waals surface area contributed by atoms with Crippen LogP contribution in [0.15, 0.2) is 42.5 Å². The van der Waals surface area contributed by atoms with E-state index in [1.54, 1.807) is 0 Å². The van der Waals surface area contributed by atoms with Crippen molar-refractivity contribution in [2.45, 2.75) is 13.0 Å². The predicted octanol–water partition coefficient (Wildman–Crippen LogP) is 0.704. The highest BCUT2D eigenvalue weighted by atomic mass is 16.7. The zero-order chi connectivity index (χ0) is 18.9. The predicted molar refractivity (Wildman–Crippen MR) is 99.8 cm³/mol. The Labute approximate surface area is 162 Å². The lowest BCUT2D eigenvalue weighted by atomic mass is 10.0. The molecule has 3 aromatic rings. The van der Waals surface area contributed by atoms with Gasteiger partial charge in [-0.2, -0.15) is 4.68 Å². The summed E-state index contributed by atoms with van der Waals surface area (Å²) in [5.41, 5.74) is 3.21. The Morgan fingerprint density at radius 1 is 1.04 bits per heavy atom. The highest BCUT2D eigenvalue weighted by Gasteiger charge is 2.34. The van der Waals surface area contributed by atoms with Crippen molar-refractivity contribution in [1.82, 2.24) is 20.2 Å². The lowest BCUT2D eigenvalue weighted by molar-refractivity contribution is -0.933. The van der Waals surface area contributed by atoms with Gasteiger partial charge in [-0.25, -0.2) is 0 Å². The van der Waals surface area contributed by atoms with Crippen LogP contribution in [-0.2, 0) is 4.74 Å². The van der Waals surface area contributed by atoms with E-state index in [1.807, 2.05) is 35.0 Å². The van der Waals surface area contributed by atoms with Gasteiger partial charge in [0.25, 0.3) is 0 Å². The molecule has 0 unspecified atom stereocenters. The van der Waals surface area contributed by atoms with Crippen molar-refractivity contribution in [1.29, 1.82) is 0 Å². The molecule has 0 amide bonds. The van der Waals surface area contributed by atoms with Gasteiger partial charge in [0.1, 0.15) is 13.1 Å². The zero-order valence-corrected chi connectivity index (χ0v) is 15.7. The summed E-state index contributed by atoms with van der Waals surface area (Å²) in [6, 6.07) is 14.2. The molecule has 5 rings (SSSR count). The fourth-order valence-corrected chi connectivity index (χ4v) is 3.93. The van der Waals surface area contributed by atoms with Crippen LogP contribution in [0.25, 0.3) is 5.69 Å². The molecule has 144 valence electrons. The number of fused-ring (bicyclic) bond motifs is 1. The molecule has 3 heterocycles. The van der Waals surface area contributed by atoms with Gasteiger partial charge in [0.2, 0.25) is 12.6 Å². The van der Waals surface area contributed by atoms with E-state index in [0.29, 0.717) is 0 Å². The number of hydrogen-bond acceptors (Lipinski definition) is 6. The maximum Gasteiger partial charge on any atom is 0.231 e. The number of morpholine rings is 1. The van der Waals surface area contributed by atoms with Crippen LogP contribution >= 0.6 is 0 Å². The van der Waals surface area contributed by atoms with Gasteiger partial charge in [0.05, 0.1) is 18.9 Å². The minimum Gasteiger partial charge on any atom is -0.454 e. The number of aromatic nitrogens is 4. The summed E-state index contributed by atoms with van der Waals surface area (Å²) in [6.07, 6.45) is 0. The van der Waals surface area contributed by atoms with Crippen LogP contribution in [0.2, 0.25) is 0 Å². The van der Waals surface area contributed by atoms with E-state index in [2.05, 4.69) is 34.6 Å². The van der Waals surface area contributed by atoms with Crippen LogP contribution < -0.4 is 14.4 Å². The van der Waals surface area contributed by atoms with Crippen molar-refractivity contribution in [3.63, 3.8) is 0 Å². The van der Waals surface area contributed by atoms with Crippen LogP contribution in [0.4, 0.5) is 0 Å². The van der Waals surface area contributed by atoms with E-state index < -0.39 is 0 Å². The van der Waals surface area contributed by atoms with E-state index in [9.17, 15) is 0 Å². The van der Waals surface area contributed by atoms with Crippen molar-refractivity contribution in [3.8, 4) is 17.2 Å². The summed E-state index contributed by atoms with van der Waals surface area (Å²) in [5, 5.41) is 12.8. The molecule has 1 atom stereocenters. The molecule has 1 saturated heterocycles. The molecule has 2 aliphatic rings. The second-order valence-electron chi connectivity index (χ2n) is 7.05. The van der Waals surface area contributed by atoms with Crippen molar-refractivity contribution in [2.75, 3.05) is 33.1 Å². The Bertz CT molecular complexity index is 983. The van der Waals surface area contributed by atoms with Gasteiger partial charge in [-0.05, 0) is 47.2 Å². The highest BCUT2D eigenvalue weighted by molar-refractivity contribution is 5.46. The topological polar surface area (TPSA) is 75.7 Å². The molecule has 8 heteroatoms. The number of nitrogens with zero attached hydrogens (tertiary/aromatic N) is 4. The van der Waals surface area contributed by atoms with E-state index in [-0.39, 0.29) is 12.8 Å². The third kappa shape index (κ3) is 3.00. The molecular formula is C20H22N5O3+. The van der Waals surface area contributed by atoms with Crippen LogP contribution in [0.5, 0.6) is 11.5 Å². The Balaban J connectivity index is 1.62. The first-order valence-electron chi connectivity index (χ1n) is 9.47. The Morgan fingerprint density at radius 2 is 1.86 bits per heavy atom. The average molecular weight is 380 g/mol. The van der Waals surface area contributed by atoms with Crippen molar-refractivity contribution in [2.24, 2.45) is 0 Å². The van der Waals surface area contributed by atoms with E-state index in [0.717, 1.165) is 60.4 Å². The van der Waals surface area contributed by atoms with E-state index in [1.165, 1.54) is 4.90 Å². The van der Waals surface area contributed by atoms with Gasteiger partial charge >= 0.3 is 0 Å². The number of quaternary nitrogens is 1. The number of ether oxygens (including phenoxy) is 3. The minimum absolute atomic E-state index is 0.0343. The summed E-state index contributed by atoms with van der Waals surface area (Å²) in [4.78, 5) is 1.37. The molecule has 0 spiro atoms. The summed E-state index contributed by atoms with van der Waals surface area (Å²) in [6.45, 7) is 5.55. The molecule has 8 nitrogen and oxygen atoms in total. The molecule has 28 heavy (non-hydrogen) atoms. The fraction of sp³-hybridized carbons (Fsp3) is 0.350. The first-order valence-corrected chi connectivity index (χ1v) is 9.47. The SMILES string of the molecule is Cc1ccccc1-n1nnnc1[C@@H](c1ccc2c(c1)OCO2)[NH+]1CCOCC1. The molecule has 2 aliphatic heterocycles. The fourth-order valence-electron chi connectivity index (χ4n) is 3.93. The number of benzene rings is 2. The molecule has 0 aliphatic carbocycles. The Morgan fingerprint density at radius 3 is 2.71 bits per heavy atom. The van der Waals surface area contributed by atoms with E-state index >= 15 is 0 Å². The number of rotatable bonds is 4. The quantitative estimate of drug-likeness (QED) is 0.718. The first kappa shape index (κ1) is 17.2. The van der Waals surface area contributed by atoms with Crippen LogP contribution in [0, 0.1) is 6.92 Å². The maximum atomic E-state index is 5.61. The normalized spacial score (nSPS) is 17.6. The lowest BCUT2D eigenvalue weighted by Crippen LogP contribution is -3.14. The molecule has 0 saturated carbocycles. The maximum absolute atomic E-state index is 5.61. The lowest BCUT2D eigenvalue weighted by Gasteiger charge is -2.31. The van der Waals surface area contributed by atoms with Crippen molar-refractivity contribution < 1.29 is 19.1 Å². The van der Waals surface area contributed by atoms with E-state index in [4.69, 9.17) is 14.2 Å². The smallest absolute Gasteiger partial charge is 0.231 e. The molecule has 0 radical (unpaired) electrons. The van der Waals surface area contributed by atoms with Gasteiger partial charge in [-0.15, -0.1) is 5.10 Å². The summed E-state index contributed by atoms with van der Waals surface area (Å²) < 4.78 is 18.5. The number of hydrogen-bond donors (Lipinski definition) is 1. The second kappa shape index (κ2) is 7.21. The molecule has 0 bridgehead atoms. The minimum atomic E-state index is -0.0343. The number of para-hydroxylation sites is 1. The largest absolute Gasteiger partial charge is 0.454 e. The van der Waals surface area contributed by atoms with Gasteiger partial charge in [-0.1, -0.05) is 18.2 Å². The molecule has 1 fully saturated rings. The summed E-state index contributed by atoms with van der Waals surface area (Å²) in [5.74, 6) is 2.35. The number of nitrogens with one attached hydrogen (secondary N) is 1. The number of aryl methyl sites for hydroxylation is 1. The Kier molecular flexibility index (Phi) is 4.42. The van der Waals surface area contributed by atoms with Crippen molar-refractivity contribution >= 4 is 0 Å². The standard InChI is InChI=1S/C20H21N5O3/c1-14-4-2-3-5-16(14)25-20(21-22-23-25)19(24-8-10-26-11-9-24)15-6-7-17-18(12-15)28-13-27-17/h2-7,12,19H,8-11,13H2,1H3/p+1/t19-/m1/s1. The van der Waals surface area contributed by atoms with Gasteiger partial charge in [-0.3, -0.25) is 0 Å². The molecular weight excluding hydrogens is 358 g/mol. The summed E-state index contributed by atoms with van der Waals surface area (Å²) >= 11 is 0. The van der Waals surface area contributed by atoms with Crippen LogP contribution in [-0.4, -0.2) is 53.3 Å².